The number of aromatic amines is 1. The first kappa shape index (κ1) is 19.2. The van der Waals surface area contributed by atoms with Crippen molar-refractivity contribution < 1.29 is 17.9 Å². The highest BCUT2D eigenvalue weighted by molar-refractivity contribution is 6.02. The number of rotatable bonds is 3. The summed E-state index contributed by atoms with van der Waals surface area (Å²) in [7, 11) is 0. The highest BCUT2D eigenvalue weighted by Crippen LogP contribution is 2.32. The van der Waals surface area contributed by atoms with E-state index < -0.39 is 17.4 Å². The second kappa shape index (κ2) is 6.90. The lowest BCUT2D eigenvalue weighted by molar-refractivity contribution is -0.140. The third kappa shape index (κ3) is 3.63. The van der Waals surface area contributed by atoms with Crippen LogP contribution in [0.4, 0.5) is 18.9 Å². The number of allylic oxidation sites excluding steroid dienone is 1. The molecule has 3 N–H and O–H groups in total. The van der Waals surface area contributed by atoms with Crippen molar-refractivity contribution in [2.45, 2.75) is 24.7 Å². The van der Waals surface area contributed by atoms with Crippen molar-refractivity contribution in [1.29, 1.82) is 0 Å². The number of hydrogen-bond donors (Lipinski definition) is 3. The first-order valence-corrected chi connectivity index (χ1v) is 9.62. The molecule has 3 aromatic rings. The monoisotopic (exact) mass is 425 g/mol. The van der Waals surface area contributed by atoms with Gasteiger partial charge in [0.15, 0.2) is 5.96 Å². The number of aliphatic imine (C=N–C) groups is 1. The fraction of sp³-hybridized carbons (Fsp3) is 0.182. The minimum atomic E-state index is -4.51. The normalized spacial score (nSPS) is 22.5. The first-order chi connectivity index (χ1) is 14.8. The van der Waals surface area contributed by atoms with Gasteiger partial charge in [-0.15, -0.1) is 0 Å². The van der Waals surface area contributed by atoms with Crippen LogP contribution in [0, 0.1) is 0 Å². The van der Waals surface area contributed by atoms with Gasteiger partial charge in [0, 0.05) is 6.20 Å². The van der Waals surface area contributed by atoms with Crippen molar-refractivity contribution in [1.82, 2.24) is 15.3 Å². The van der Waals surface area contributed by atoms with Crippen LogP contribution in [0.3, 0.4) is 0 Å². The van der Waals surface area contributed by atoms with E-state index in [0.29, 0.717) is 22.9 Å². The number of hydrogen-bond acceptors (Lipinski definition) is 5. The smallest absolute Gasteiger partial charge is 0.433 e. The average Bonchev–Trinajstić information content (AvgIpc) is 3.27. The van der Waals surface area contributed by atoms with Gasteiger partial charge in [-0.1, -0.05) is 24.3 Å². The largest absolute Gasteiger partial charge is 0.458 e. The lowest BCUT2D eigenvalue weighted by Crippen LogP contribution is -2.48. The summed E-state index contributed by atoms with van der Waals surface area (Å²) >= 11 is 0. The van der Waals surface area contributed by atoms with Crippen LogP contribution < -0.4 is 15.4 Å². The molecule has 0 amide bonds. The number of fused-ring (bicyclic) bond motifs is 2. The number of nitrogens with one attached hydrogen (secondary N) is 3. The molecule has 2 unspecified atom stereocenters. The molecule has 0 radical (unpaired) electrons. The van der Waals surface area contributed by atoms with Gasteiger partial charge in [-0.3, -0.25) is 0 Å². The number of para-hydroxylation sites is 1. The molecule has 0 bridgehead atoms. The highest BCUT2D eigenvalue weighted by Gasteiger charge is 2.40. The topological polar surface area (TPSA) is 74.3 Å². The quantitative estimate of drug-likeness (QED) is 0.573. The van der Waals surface area contributed by atoms with Crippen LogP contribution in [0.2, 0.25) is 0 Å². The number of guanidine groups is 1. The van der Waals surface area contributed by atoms with Crippen LogP contribution in [0.25, 0.3) is 11.0 Å². The zero-order valence-corrected chi connectivity index (χ0v) is 16.4. The Bertz CT molecular complexity index is 1230. The maximum absolute atomic E-state index is 13.0. The molecule has 2 aliphatic rings. The summed E-state index contributed by atoms with van der Waals surface area (Å²) in [5, 5.41) is 6.36. The Morgan fingerprint density at radius 2 is 1.94 bits per heavy atom. The van der Waals surface area contributed by atoms with Gasteiger partial charge in [-0.2, -0.15) is 13.2 Å². The zero-order chi connectivity index (χ0) is 21.6. The summed E-state index contributed by atoms with van der Waals surface area (Å²) in [5.41, 5.74) is -0.395. The zero-order valence-electron chi connectivity index (χ0n) is 16.4. The summed E-state index contributed by atoms with van der Waals surface area (Å²) in [6.45, 7) is 1.98. The number of pyridine rings is 1. The third-order valence-electron chi connectivity index (χ3n) is 5.20. The molecule has 6 nitrogen and oxygen atoms in total. The Labute approximate surface area is 175 Å². The Morgan fingerprint density at radius 1 is 1.13 bits per heavy atom. The van der Waals surface area contributed by atoms with Gasteiger partial charge < -0.3 is 20.4 Å². The number of halogens is 3. The van der Waals surface area contributed by atoms with Gasteiger partial charge in [0.2, 0.25) is 0 Å². The SMILES string of the molecule is CC12C=C(Oc3ccccc3)C=CC1N=C(Nc1c[nH]c3ccc(C(F)(F)F)nc13)N2. The lowest BCUT2D eigenvalue weighted by atomic mass is 9.89. The summed E-state index contributed by atoms with van der Waals surface area (Å²) in [6, 6.07) is 11.6. The second-order valence-electron chi connectivity index (χ2n) is 7.57. The highest BCUT2D eigenvalue weighted by atomic mass is 19.4. The van der Waals surface area contributed by atoms with E-state index >= 15 is 0 Å². The van der Waals surface area contributed by atoms with E-state index in [9.17, 15) is 13.2 Å². The van der Waals surface area contributed by atoms with Crippen molar-refractivity contribution in [2.24, 2.45) is 4.99 Å². The molecule has 5 rings (SSSR count). The molecular formula is C22H18F3N5O. The van der Waals surface area contributed by atoms with Crippen LogP contribution in [0.5, 0.6) is 5.75 Å². The fourth-order valence-electron chi connectivity index (χ4n) is 3.66. The predicted molar refractivity (Wildman–Crippen MR) is 112 cm³/mol. The standard InChI is InChI=1S/C22H18F3N5O/c1-21-11-14(31-13-5-3-2-4-6-13)7-9-17(21)29-20(30-21)27-16-12-26-15-8-10-18(22(23,24)25)28-19(15)16/h2-12,17,26H,1H3,(H2,27,29,30). The van der Waals surface area contributed by atoms with E-state index in [1.54, 1.807) is 6.20 Å². The van der Waals surface area contributed by atoms with Crippen molar-refractivity contribution in [3.05, 3.63) is 78.3 Å². The minimum absolute atomic E-state index is 0.193. The molecule has 0 saturated heterocycles. The van der Waals surface area contributed by atoms with Crippen molar-refractivity contribution in [3.63, 3.8) is 0 Å². The second-order valence-corrected chi connectivity index (χ2v) is 7.57. The Hall–Kier alpha value is -3.75. The summed E-state index contributed by atoms with van der Waals surface area (Å²) in [4.78, 5) is 11.3. The minimum Gasteiger partial charge on any atom is -0.458 e. The number of H-pyrrole nitrogens is 1. The van der Waals surface area contributed by atoms with Gasteiger partial charge in [0.05, 0.1) is 22.8 Å². The molecule has 158 valence electrons. The fourth-order valence-corrected chi connectivity index (χ4v) is 3.66. The third-order valence-corrected chi connectivity index (χ3v) is 5.20. The predicted octanol–water partition coefficient (Wildman–Crippen LogP) is 4.61. The molecular weight excluding hydrogens is 407 g/mol. The number of nitrogens with zero attached hydrogens (tertiary/aromatic N) is 2. The Kier molecular flexibility index (Phi) is 4.28. The molecule has 31 heavy (non-hydrogen) atoms. The molecule has 1 aromatic carbocycles. The summed E-state index contributed by atoms with van der Waals surface area (Å²) < 4.78 is 45.1. The van der Waals surface area contributed by atoms with Crippen LogP contribution >= 0.6 is 0 Å². The molecule has 9 heteroatoms. The molecule has 0 spiro atoms. The molecule has 1 aliphatic heterocycles. The number of ether oxygens (including phenoxy) is 1. The van der Waals surface area contributed by atoms with Crippen molar-refractivity contribution in [3.8, 4) is 5.75 Å². The van der Waals surface area contributed by atoms with Gasteiger partial charge >= 0.3 is 6.18 Å². The Balaban J connectivity index is 1.37. The molecule has 0 fully saturated rings. The van der Waals surface area contributed by atoms with E-state index in [2.05, 4.69) is 25.6 Å². The summed E-state index contributed by atoms with van der Waals surface area (Å²) in [6.07, 6.45) is 2.78. The molecule has 2 atom stereocenters. The van der Waals surface area contributed by atoms with E-state index in [1.807, 2.05) is 55.5 Å². The number of anilines is 1. The maximum atomic E-state index is 13.0. The average molecular weight is 425 g/mol. The van der Waals surface area contributed by atoms with Crippen LogP contribution in [0.1, 0.15) is 12.6 Å². The van der Waals surface area contributed by atoms with E-state index in [1.165, 1.54) is 6.07 Å². The Morgan fingerprint density at radius 3 is 2.71 bits per heavy atom. The van der Waals surface area contributed by atoms with Gasteiger partial charge in [-0.05, 0) is 43.3 Å². The van der Waals surface area contributed by atoms with Gasteiger partial charge in [-0.25, -0.2) is 9.98 Å². The van der Waals surface area contributed by atoms with Crippen LogP contribution in [-0.2, 0) is 6.18 Å². The van der Waals surface area contributed by atoms with Gasteiger partial charge in [0.25, 0.3) is 0 Å². The van der Waals surface area contributed by atoms with E-state index in [4.69, 9.17) is 4.74 Å². The molecule has 1 aliphatic carbocycles. The van der Waals surface area contributed by atoms with Crippen LogP contribution in [0.15, 0.2) is 77.6 Å². The summed E-state index contributed by atoms with van der Waals surface area (Å²) in [5.74, 6) is 1.84. The number of alkyl halides is 3. The number of aromatic nitrogens is 2. The van der Waals surface area contributed by atoms with Gasteiger partial charge in [0.1, 0.15) is 22.7 Å². The van der Waals surface area contributed by atoms with E-state index in [0.717, 1.165) is 11.8 Å². The molecule has 3 heterocycles. The molecule has 2 aromatic heterocycles. The van der Waals surface area contributed by atoms with Crippen LogP contribution in [-0.4, -0.2) is 27.5 Å². The van der Waals surface area contributed by atoms with Crippen molar-refractivity contribution in [2.75, 3.05) is 5.32 Å². The number of benzene rings is 1. The van der Waals surface area contributed by atoms with Crippen molar-refractivity contribution >= 4 is 22.7 Å². The lowest BCUT2D eigenvalue weighted by Gasteiger charge is -2.29. The first-order valence-electron chi connectivity index (χ1n) is 9.62. The van der Waals surface area contributed by atoms with E-state index in [-0.39, 0.29) is 11.6 Å². The maximum Gasteiger partial charge on any atom is 0.433 e. The molecule has 0 saturated carbocycles.